The second-order valence-electron chi connectivity index (χ2n) is 36.6. The minimum Gasteiger partial charge on any atom is -0.377 e. The second kappa shape index (κ2) is 50.4. The number of hydrogen-bond donors (Lipinski definition) is 3. The van der Waals surface area contributed by atoms with Crippen LogP contribution in [0.1, 0.15) is 164 Å². The third-order valence-corrected chi connectivity index (χ3v) is 26.9. The molecule has 5 amide bonds. The number of fused-ring (bicyclic) bond motifs is 4. The van der Waals surface area contributed by atoms with Crippen LogP contribution in [0.25, 0.3) is 0 Å². The predicted molar refractivity (Wildman–Crippen MR) is 527 cm³/mol. The number of amides is 5. The van der Waals surface area contributed by atoms with Crippen molar-refractivity contribution < 1.29 is 116 Å². The van der Waals surface area contributed by atoms with Crippen LogP contribution in [-0.2, 0) is 127 Å². The normalized spacial score (nSPS) is 16.8. The van der Waals surface area contributed by atoms with Crippen LogP contribution < -0.4 is 15.1 Å². The highest BCUT2D eigenvalue weighted by Crippen LogP contribution is 2.50. The van der Waals surface area contributed by atoms with Crippen LogP contribution in [0.4, 0.5) is 34.1 Å². The molecule has 1 saturated heterocycles. The first-order chi connectivity index (χ1) is 66.8. The van der Waals surface area contributed by atoms with Crippen LogP contribution >= 0.6 is 0 Å². The number of carbonyl (C=O) groups is 6. The maximum absolute atomic E-state index is 12.5. The van der Waals surface area contributed by atoms with E-state index in [1.165, 1.54) is 76.9 Å². The zero-order valence-corrected chi connectivity index (χ0v) is 82.9. The average Bonchev–Trinajstić information content (AvgIpc) is 1.59. The first kappa shape index (κ1) is 108. The number of benzene rings is 6. The van der Waals surface area contributed by atoms with Gasteiger partial charge in [-0.2, -0.15) is 26.0 Å². The van der Waals surface area contributed by atoms with E-state index in [-0.39, 0.29) is 82.1 Å². The zero-order valence-electron chi connectivity index (χ0n) is 81.3. The number of nitro benzene ring substituents is 2. The molecule has 140 heavy (non-hydrogen) atoms. The van der Waals surface area contributed by atoms with E-state index in [4.69, 9.17) is 42.7 Å². The van der Waals surface area contributed by atoms with E-state index in [0.717, 1.165) is 85.6 Å². The molecule has 6 aliphatic heterocycles. The topological polar surface area (TPSA) is 412 Å². The van der Waals surface area contributed by atoms with Gasteiger partial charge in [0, 0.05) is 170 Å². The Morgan fingerprint density at radius 3 is 1.20 bits per heavy atom. The number of ether oxygens (including phenoxy) is 8. The van der Waals surface area contributed by atoms with E-state index in [1.54, 1.807) is 42.5 Å². The van der Waals surface area contributed by atoms with E-state index in [9.17, 15) is 74.9 Å². The summed E-state index contributed by atoms with van der Waals surface area (Å²) >= 11 is 0. The van der Waals surface area contributed by atoms with Crippen LogP contribution in [-0.4, -0.2) is 234 Å². The number of unbranched alkanes of at least 4 members (excludes halogenated alkanes) is 4. The van der Waals surface area contributed by atoms with Gasteiger partial charge in [-0.3, -0.25) is 58.2 Å². The van der Waals surface area contributed by atoms with Gasteiger partial charge in [0.25, 0.3) is 55.2 Å². The summed E-state index contributed by atoms with van der Waals surface area (Å²) in [5.74, 6) is -2.60. The average molecular weight is 1970 g/mol. The Bertz CT molecular complexity index is 5980. The fraction of sp³-hybridized carbons (Fsp3) is 0.442. The molecule has 34 nitrogen and oxygen atoms in total. The van der Waals surface area contributed by atoms with Gasteiger partial charge in [-0.1, -0.05) is 99.5 Å². The number of carbonyl (C=O) groups excluding carboxylic acids is 6. The van der Waals surface area contributed by atoms with Crippen molar-refractivity contribution in [3.63, 3.8) is 0 Å². The number of hydroxylamine groups is 2. The third kappa shape index (κ3) is 29.1. The number of non-ortho nitro benzene ring substituents is 2. The van der Waals surface area contributed by atoms with Crippen molar-refractivity contribution in [3.05, 3.63) is 270 Å². The Balaban J connectivity index is 0.000000268. The Labute approximate surface area is 818 Å². The number of nitrogens with one attached hydrogen (secondary N) is 1. The van der Waals surface area contributed by atoms with Crippen LogP contribution in [0, 0.1) is 34.1 Å². The summed E-state index contributed by atoms with van der Waals surface area (Å²) in [4.78, 5) is 103. The molecule has 0 aromatic heterocycles. The van der Waals surface area contributed by atoms with Crippen LogP contribution in [0.5, 0.6) is 0 Å². The molecule has 0 radical (unpaired) electrons. The second-order valence-corrected chi connectivity index (χ2v) is 39.5. The molecular formula is C104H129N9O25S2+2. The van der Waals surface area contributed by atoms with E-state index in [2.05, 4.69) is 114 Å². The Morgan fingerprint density at radius 2 is 0.814 bits per heavy atom. The summed E-state index contributed by atoms with van der Waals surface area (Å²) in [5, 5.41) is 25.0. The summed E-state index contributed by atoms with van der Waals surface area (Å²) in [6.07, 6.45) is 27.0. The number of imide groups is 2. The largest absolute Gasteiger partial charge is 0.377 e. The molecule has 0 saturated carbocycles. The fourth-order valence-corrected chi connectivity index (χ4v) is 18.6. The monoisotopic (exact) mass is 1970 g/mol. The lowest BCUT2D eigenvalue weighted by Gasteiger charge is -2.27. The van der Waals surface area contributed by atoms with Crippen molar-refractivity contribution in [2.45, 2.75) is 178 Å². The molecule has 0 bridgehead atoms. The molecule has 0 unspecified atom stereocenters. The van der Waals surface area contributed by atoms with E-state index in [1.807, 2.05) is 76.3 Å². The minimum absolute atomic E-state index is 0.0313. The number of rotatable bonds is 54. The summed E-state index contributed by atoms with van der Waals surface area (Å²) in [5.41, 5.74) is 14.4. The fourth-order valence-electron chi connectivity index (χ4n) is 17.6. The quantitative estimate of drug-likeness (QED) is 0.00607. The summed E-state index contributed by atoms with van der Waals surface area (Å²) < 4.78 is 119. The number of nitrogens with zero attached hydrogens (tertiary/aromatic N) is 8. The lowest BCUT2D eigenvalue weighted by molar-refractivity contribution is -0.438. The highest BCUT2D eigenvalue weighted by atomic mass is 32.2. The van der Waals surface area contributed by atoms with Gasteiger partial charge in [-0.15, -0.1) is 5.06 Å². The highest BCUT2D eigenvalue weighted by molar-refractivity contribution is 7.86. The van der Waals surface area contributed by atoms with Gasteiger partial charge in [-0.25, -0.2) is 4.79 Å². The molecule has 6 heterocycles. The van der Waals surface area contributed by atoms with Gasteiger partial charge < -0.3 is 57.8 Å². The van der Waals surface area contributed by atoms with Crippen molar-refractivity contribution in [1.29, 1.82) is 0 Å². The molecule has 3 N–H and O–H groups in total. The van der Waals surface area contributed by atoms with Crippen LogP contribution in [0.15, 0.2) is 215 Å². The lowest BCUT2D eigenvalue weighted by Crippen LogP contribution is -2.38. The Morgan fingerprint density at radius 1 is 0.436 bits per heavy atom. The third-order valence-electron chi connectivity index (χ3n) is 25.2. The van der Waals surface area contributed by atoms with Crippen molar-refractivity contribution in [3.8, 4) is 0 Å². The van der Waals surface area contributed by atoms with Gasteiger partial charge in [0.1, 0.15) is 13.1 Å². The molecule has 0 aliphatic carbocycles. The van der Waals surface area contributed by atoms with Crippen molar-refractivity contribution in [2.24, 2.45) is 0 Å². The number of aryl methyl sites for hydroxylation is 2. The molecule has 0 spiro atoms. The standard InChI is InChI=1S/C53H65N5O12S.C51H62N4O13S/c1-39-15-21-45-43(36-39)52(2,3)48(56(45)28-29-67-30-31-68-32-33-69-34-35-70-38-40-16-18-41(19-17-40)58(62)63)13-9-6-8-12-47-53(4,5)44-37-42(71(64,65)66)20-22-46(44)55(47)26-11-7-10-14-49(59)54-25-27-57-50(60)23-24-51(57)61;1-37-15-21-43-41(34-37)50(2,3)46(53(43)26-27-64-28-29-65-30-31-66-32-33-67-36-38-16-18-39(19-17-38)55(59)60)13-9-6-8-12-45-51(4,5)42-35-40(69(61,62)63)20-22-44(42)52(45)25-11-7-10-14-49(58)68-54-47(56)23-24-48(54)57/h6,8-9,12-13,15-24,36-37H,7,10-11,14,25-35,38H2,1-5H3,(H-,54,59,64,65,66);6,8-9,12-13,15-22,34-35H,7,10-11,14,23-33,36H2,1-5H3/p+2. The molecule has 6 aliphatic rings. The van der Waals surface area contributed by atoms with Gasteiger partial charge in [0.05, 0.1) is 136 Å². The zero-order chi connectivity index (χ0) is 101. The molecule has 12 rings (SSSR count). The Kier molecular flexibility index (Phi) is 39.0. The summed E-state index contributed by atoms with van der Waals surface area (Å²) in [6, 6.07) is 34.9. The Hall–Kier alpha value is -12.0. The highest BCUT2D eigenvalue weighted by Gasteiger charge is 2.48. The lowest BCUT2D eigenvalue weighted by atomic mass is 9.81. The van der Waals surface area contributed by atoms with Gasteiger partial charge in [0.2, 0.25) is 17.3 Å². The maximum Gasteiger partial charge on any atom is 0.333 e. The van der Waals surface area contributed by atoms with Gasteiger partial charge in [0.15, 0.2) is 11.4 Å². The van der Waals surface area contributed by atoms with Gasteiger partial charge >= 0.3 is 5.97 Å². The van der Waals surface area contributed by atoms with E-state index in [0.29, 0.717) is 169 Å². The van der Waals surface area contributed by atoms with Crippen molar-refractivity contribution in [1.82, 2.24) is 15.3 Å². The SMILES string of the molecule is Cc1ccc2c(c1)C(C)(C)C(=CC=CC=CC1=[N+](CCCCCC(=O)NCCN3C(=O)C=CC3=O)c3ccc(S(=O)(=O)O)cc3C1(C)C)N2CCOCCOCCOCCOCc1ccc([N+](=O)[O-])cc1.Cc1ccc2c(c1)C(C)(C)C(=CC=CC=CC1=[N+](CCCCCC(=O)ON3C(=O)CCC3=O)c3ccc(S(=O)(=O)O)cc3C1(C)C)N2CCOCCOCCOCCOCc1ccc([N+](=O)[O-])cc1. The molecular weight excluding hydrogens is 1840 g/mol. The number of allylic oxidation sites excluding steroid dienone is 12. The molecule has 750 valence electrons. The van der Waals surface area contributed by atoms with Crippen LogP contribution in [0.2, 0.25) is 0 Å². The first-order valence-electron chi connectivity index (χ1n) is 47.2. The van der Waals surface area contributed by atoms with E-state index < -0.39 is 58.7 Å². The van der Waals surface area contributed by atoms with Crippen LogP contribution in [0.3, 0.4) is 0 Å². The summed E-state index contributed by atoms with van der Waals surface area (Å²) in [6.45, 7) is 30.5. The maximum atomic E-state index is 12.5. The van der Waals surface area contributed by atoms with Crippen molar-refractivity contribution in [2.75, 3.05) is 142 Å². The summed E-state index contributed by atoms with van der Waals surface area (Å²) in [7, 11) is -8.87. The van der Waals surface area contributed by atoms with Gasteiger partial charge in [-0.05, 0) is 162 Å². The molecule has 1 fully saturated rings. The van der Waals surface area contributed by atoms with E-state index >= 15 is 0 Å². The van der Waals surface area contributed by atoms with Crippen molar-refractivity contribution >= 4 is 101 Å². The molecule has 0 atom stereocenters. The first-order valence-corrected chi connectivity index (χ1v) is 50.0. The minimum atomic E-state index is -4.44. The molecule has 6 aromatic carbocycles. The number of nitro groups is 2. The smallest absolute Gasteiger partial charge is 0.333 e. The molecule has 36 heteroatoms. The predicted octanol–water partition coefficient (Wildman–Crippen LogP) is 14.9. The molecule has 6 aromatic rings. The number of anilines is 2. The number of hydrogen-bond acceptors (Lipinski definition) is 25.